The molecular formula is C15H15BrClNO. The van der Waals surface area contributed by atoms with Gasteiger partial charge in [0.1, 0.15) is 0 Å². The molecule has 2 nitrogen and oxygen atoms in total. The van der Waals surface area contributed by atoms with E-state index in [4.69, 9.17) is 22.1 Å². The van der Waals surface area contributed by atoms with E-state index in [0.717, 1.165) is 15.6 Å². The van der Waals surface area contributed by atoms with E-state index in [1.165, 1.54) is 0 Å². The average molecular weight is 341 g/mol. The summed E-state index contributed by atoms with van der Waals surface area (Å²) < 4.78 is 6.90. The van der Waals surface area contributed by atoms with Gasteiger partial charge < -0.3 is 10.5 Å². The minimum atomic E-state index is -0.105. The number of rotatable bonds is 5. The van der Waals surface area contributed by atoms with Crippen LogP contribution in [0.25, 0.3) is 0 Å². The maximum absolute atomic E-state index is 5.94. The molecule has 0 bridgehead atoms. The van der Waals surface area contributed by atoms with E-state index in [-0.39, 0.29) is 6.10 Å². The van der Waals surface area contributed by atoms with Gasteiger partial charge in [-0.1, -0.05) is 51.8 Å². The van der Waals surface area contributed by atoms with Gasteiger partial charge in [-0.05, 0) is 35.4 Å². The lowest BCUT2D eigenvalue weighted by atomic mass is 10.1. The summed E-state index contributed by atoms with van der Waals surface area (Å²) in [5.41, 5.74) is 7.90. The zero-order valence-corrected chi connectivity index (χ0v) is 12.7. The van der Waals surface area contributed by atoms with Crippen LogP contribution in [-0.2, 0) is 11.3 Å². The van der Waals surface area contributed by atoms with Gasteiger partial charge in [0, 0.05) is 16.0 Å². The SMILES string of the molecule is NCC(OCc1cccc(Cl)c1)c1ccc(Br)cc1. The molecule has 0 amide bonds. The van der Waals surface area contributed by atoms with Crippen LogP contribution in [0.15, 0.2) is 53.0 Å². The Hall–Kier alpha value is -0.870. The lowest BCUT2D eigenvalue weighted by Crippen LogP contribution is -2.15. The fourth-order valence-electron chi connectivity index (χ4n) is 1.80. The Bertz CT molecular complexity index is 530. The summed E-state index contributed by atoms with van der Waals surface area (Å²) in [5, 5.41) is 0.717. The van der Waals surface area contributed by atoms with Gasteiger partial charge in [0.2, 0.25) is 0 Å². The fourth-order valence-corrected chi connectivity index (χ4v) is 2.28. The highest BCUT2D eigenvalue weighted by molar-refractivity contribution is 9.10. The van der Waals surface area contributed by atoms with Crippen LogP contribution in [0.2, 0.25) is 5.02 Å². The third kappa shape index (κ3) is 4.32. The molecule has 0 spiro atoms. The van der Waals surface area contributed by atoms with Crippen molar-refractivity contribution in [3.63, 3.8) is 0 Å². The van der Waals surface area contributed by atoms with Crippen LogP contribution in [0.3, 0.4) is 0 Å². The fraction of sp³-hybridized carbons (Fsp3) is 0.200. The van der Waals surface area contributed by atoms with Crippen LogP contribution in [0.4, 0.5) is 0 Å². The Morgan fingerprint density at radius 1 is 1.16 bits per heavy atom. The molecule has 2 aromatic carbocycles. The number of halogens is 2. The van der Waals surface area contributed by atoms with Gasteiger partial charge in [-0.3, -0.25) is 0 Å². The Labute approximate surface area is 126 Å². The molecular weight excluding hydrogens is 326 g/mol. The van der Waals surface area contributed by atoms with Crippen molar-refractivity contribution in [1.29, 1.82) is 0 Å². The standard InChI is InChI=1S/C15H15BrClNO/c16-13-6-4-12(5-7-13)15(9-18)19-10-11-2-1-3-14(17)8-11/h1-8,15H,9-10,18H2. The van der Waals surface area contributed by atoms with Crippen molar-refractivity contribution in [2.75, 3.05) is 6.54 Å². The molecule has 2 rings (SSSR count). The van der Waals surface area contributed by atoms with Crippen LogP contribution >= 0.6 is 27.5 Å². The molecule has 0 radical (unpaired) electrons. The van der Waals surface area contributed by atoms with Crippen LogP contribution < -0.4 is 5.73 Å². The summed E-state index contributed by atoms with van der Waals surface area (Å²) in [5.74, 6) is 0. The van der Waals surface area contributed by atoms with E-state index < -0.39 is 0 Å². The molecule has 0 aliphatic heterocycles. The van der Waals surface area contributed by atoms with E-state index in [9.17, 15) is 0 Å². The molecule has 1 atom stereocenters. The maximum atomic E-state index is 5.94. The first-order valence-corrected chi connectivity index (χ1v) is 7.17. The van der Waals surface area contributed by atoms with Crippen LogP contribution in [0, 0.1) is 0 Å². The lowest BCUT2D eigenvalue weighted by Gasteiger charge is -2.16. The monoisotopic (exact) mass is 339 g/mol. The Kier molecular flexibility index (Phi) is 5.40. The molecule has 100 valence electrons. The molecule has 2 aromatic rings. The second-order valence-corrected chi connectivity index (χ2v) is 5.57. The van der Waals surface area contributed by atoms with E-state index >= 15 is 0 Å². The number of hydrogen-bond donors (Lipinski definition) is 1. The topological polar surface area (TPSA) is 35.2 Å². The lowest BCUT2D eigenvalue weighted by molar-refractivity contribution is 0.0456. The molecule has 4 heteroatoms. The zero-order chi connectivity index (χ0) is 13.7. The Morgan fingerprint density at radius 2 is 1.89 bits per heavy atom. The molecule has 1 unspecified atom stereocenters. The second-order valence-electron chi connectivity index (χ2n) is 4.22. The number of ether oxygens (including phenoxy) is 1. The number of hydrogen-bond acceptors (Lipinski definition) is 2. The van der Waals surface area contributed by atoms with Crippen molar-refractivity contribution in [3.8, 4) is 0 Å². The Morgan fingerprint density at radius 3 is 2.53 bits per heavy atom. The summed E-state index contributed by atoms with van der Waals surface area (Å²) >= 11 is 9.36. The minimum absolute atomic E-state index is 0.105. The molecule has 0 saturated heterocycles. The molecule has 0 heterocycles. The van der Waals surface area contributed by atoms with Crippen molar-refractivity contribution in [3.05, 3.63) is 69.2 Å². The van der Waals surface area contributed by atoms with Crippen LogP contribution in [0.1, 0.15) is 17.2 Å². The third-order valence-electron chi connectivity index (χ3n) is 2.80. The second kappa shape index (κ2) is 7.06. The largest absolute Gasteiger partial charge is 0.368 e. The van der Waals surface area contributed by atoms with Crippen molar-refractivity contribution in [2.24, 2.45) is 5.73 Å². The normalized spacial score (nSPS) is 12.4. The summed E-state index contributed by atoms with van der Waals surface area (Å²) in [6, 6.07) is 15.6. The van der Waals surface area contributed by atoms with E-state index in [2.05, 4.69) is 15.9 Å². The predicted octanol–water partition coefficient (Wildman–Crippen LogP) is 4.32. The summed E-state index contributed by atoms with van der Waals surface area (Å²) in [7, 11) is 0. The highest BCUT2D eigenvalue weighted by Gasteiger charge is 2.10. The van der Waals surface area contributed by atoms with Gasteiger partial charge in [0.25, 0.3) is 0 Å². The highest BCUT2D eigenvalue weighted by atomic mass is 79.9. The quantitative estimate of drug-likeness (QED) is 0.880. The molecule has 0 fully saturated rings. The van der Waals surface area contributed by atoms with Gasteiger partial charge in [-0.2, -0.15) is 0 Å². The van der Waals surface area contributed by atoms with E-state index in [1.54, 1.807) is 0 Å². The highest BCUT2D eigenvalue weighted by Crippen LogP contribution is 2.21. The first-order chi connectivity index (χ1) is 9.19. The number of benzene rings is 2. The molecule has 0 aliphatic rings. The molecule has 19 heavy (non-hydrogen) atoms. The van der Waals surface area contributed by atoms with Crippen LogP contribution in [0.5, 0.6) is 0 Å². The molecule has 0 aliphatic carbocycles. The predicted molar refractivity (Wildman–Crippen MR) is 82.2 cm³/mol. The van der Waals surface area contributed by atoms with Gasteiger partial charge in [-0.25, -0.2) is 0 Å². The average Bonchev–Trinajstić information content (AvgIpc) is 2.41. The van der Waals surface area contributed by atoms with E-state index in [0.29, 0.717) is 18.2 Å². The summed E-state index contributed by atoms with van der Waals surface area (Å²) in [4.78, 5) is 0. The van der Waals surface area contributed by atoms with Gasteiger partial charge in [0.05, 0.1) is 12.7 Å². The minimum Gasteiger partial charge on any atom is -0.368 e. The molecule has 0 saturated carbocycles. The van der Waals surface area contributed by atoms with Crippen LogP contribution in [-0.4, -0.2) is 6.54 Å². The van der Waals surface area contributed by atoms with Crippen molar-refractivity contribution in [1.82, 2.24) is 0 Å². The first-order valence-electron chi connectivity index (χ1n) is 6.00. The van der Waals surface area contributed by atoms with Crippen molar-refractivity contribution < 1.29 is 4.74 Å². The van der Waals surface area contributed by atoms with Crippen molar-refractivity contribution >= 4 is 27.5 Å². The van der Waals surface area contributed by atoms with Gasteiger partial charge >= 0.3 is 0 Å². The first kappa shape index (κ1) is 14.5. The summed E-state index contributed by atoms with van der Waals surface area (Å²) in [6.07, 6.45) is -0.105. The third-order valence-corrected chi connectivity index (χ3v) is 3.56. The smallest absolute Gasteiger partial charge is 0.0951 e. The molecule has 2 N–H and O–H groups in total. The Balaban J connectivity index is 2.01. The number of nitrogens with two attached hydrogens (primary N) is 1. The van der Waals surface area contributed by atoms with Gasteiger partial charge in [-0.15, -0.1) is 0 Å². The van der Waals surface area contributed by atoms with Gasteiger partial charge in [0.15, 0.2) is 0 Å². The van der Waals surface area contributed by atoms with E-state index in [1.807, 2.05) is 48.5 Å². The molecule has 0 aromatic heterocycles. The summed E-state index contributed by atoms with van der Waals surface area (Å²) in [6.45, 7) is 0.945. The van der Waals surface area contributed by atoms with Crippen molar-refractivity contribution in [2.45, 2.75) is 12.7 Å². The zero-order valence-electron chi connectivity index (χ0n) is 10.4. The maximum Gasteiger partial charge on any atom is 0.0951 e.